The first-order chi connectivity index (χ1) is 16.4. The molecule has 0 bridgehead atoms. The molecule has 0 aromatic heterocycles. The normalized spacial score (nSPS) is 25.9. The highest BCUT2D eigenvalue weighted by Crippen LogP contribution is 2.56. The Morgan fingerprint density at radius 3 is 2.18 bits per heavy atom. The van der Waals surface area contributed by atoms with E-state index < -0.39 is 18.3 Å². The number of allylic oxidation sites excluding steroid dienone is 1. The van der Waals surface area contributed by atoms with Crippen molar-refractivity contribution in [2.75, 3.05) is 6.54 Å². The van der Waals surface area contributed by atoms with Crippen LogP contribution in [0.3, 0.4) is 0 Å². The first kappa shape index (κ1) is 21.6. The molecule has 3 nitrogen and oxygen atoms in total. The average Bonchev–Trinajstić information content (AvgIpc) is 3.27. The highest BCUT2D eigenvalue weighted by atomic mass is 16.7. The zero-order valence-corrected chi connectivity index (χ0v) is 20.3. The maximum absolute atomic E-state index is 6.55. The van der Waals surface area contributed by atoms with Crippen LogP contribution in [0.4, 0.5) is 0 Å². The fourth-order valence-corrected chi connectivity index (χ4v) is 5.94. The summed E-state index contributed by atoms with van der Waals surface area (Å²) in [6.07, 6.45) is 6.34. The second kappa shape index (κ2) is 7.53. The minimum Gasteiger partial charge on any atom is -0.399 e. The zero-order chi connectivity index (χ0) is 23.6. The predicted octanol–water partition coefficient (Wildman–Crippen LogP) is 5.56. The van der Waals surface area contributed by atoms with Crippen molar-refractivity contribution in [3.63, 3.8) is 0 Å². The number of aliphatic imine (C=N–C) groups is 1. The lowest BCUT2D eigenvalue weighted by Crippen LogP contribution is -2.41. The number of dihydropyridines is 1. The minimum absolute atomic E-state index is 0.204. The molecule has 4 heteroatoms. The summed E-state index contributed by atoms with van der Waals surface area (Å²) < 4.78 is 13.1. The highest BCUT2D eigenvalue weighted by molar-refractivity contribution is 6.64. The van der Waals surface area contributed by atoms with Crippen LogP contribution in [-0.4, -0.2) is 31.1 Å². The first-order valence-electron chi connectivity index (χ1n) is 12.2. The van der Waals surface area contributed by atoms with Gasteiger partial charge in [0, 0.05) is 18.7 Å². The van der Waals surface area contributed by atoms with Crippen molar-refractivity contribution in [2.45, 2.75) is 44.3 Å². The maximum Gasteiger partial charge on any atom is 0.495 e. The molecule has 3 aliphatic rings. The van der Waals surface area contributed by atoms with Gasteiger partial charge in [-0.25, -0.2) is 0 Å². The lowest BCUT2D eigenvalue weighted by atomic mass is 9.63. The third kappa shape index (κ3) is 2.88. The summed E-state index contributed by atoms with van der Waals surface area (Å²) in [4.78, 5) is 4.70. The number of hydrogen-bond donors (Lipinski definition) is 0. The molecule has 2 heterocycles. The smallest absolute Gasteiger partial charge is 0.399 e. The summed E-state index contributed by atoms with van der Waals surface area (Å²) >= 11 is 0. The van der Waals surface area contributed by atoms with Gasteiger partial charge in [0.15, 0.2) is 0 Å². The van der Waals surface area contributed by atoms with E-state index >= 15 is 0 Å². The molecule has 0 N–H and O–H groups in total. The standard InChI is InChI=1S/C30H30BNO2/c1-28(2)29(3,4)34-31(33-28)26-18-10-17-25-27(26)23-15-8-9-16-24(23)30(25,21-12-6-5-7-13-21)22-14-11-19-32-20-22/h5-19,22H,20H2,1-4H3. The van der Waals surface area contributed by atoms with Crippen LogP contribution in [0.2, 0.25) is 0 Å². The zero-order valence-electron chi connectivity index (χ0n) is 20.3. The van der Waals surface area contributed by atoms with E-state index in [4.69, 9.17) is 14.3 Å². The van der Waals surface area contributed by atoms with E-state index in [-0.39, 0.29) is 11.3 Å². The van der Waals surface area contributed by atoms with Gasteiger partial charge in [-0.15, -0.1) is 0 Å². The second-order valence-corrected chi connectivity index (χ2v) is 10.6. The largest absolute Gasteiger partial charge is 0.495 e. The Morgan fingerprint density at radius 2 is 1.47 bits per heavy atom. The summed E-state index contributed by atoms with van der Waals surface area (Å²) in [5.41, 5.74) is 6.40. The molecule has 2 atom stereocenters. The van der Waals surface area contributed by atoms with Crippen molar-refractivity contribution in [1.29, 1.82) is 0 Å². The summed E-state index contributed by atoms with van der Waals surface area (Å²) in [7, 11) is -0.417. The predicted molar refractivity (Wildman–Crippen MR) is 140 cm³/mol. The summed E-state index contributed by atoms with van der Waals surface area (Å²) in [5.74, 6) is 0.204. The lowest BCUT2D eigenvalue weighted by molar-refractivity contribution is 0.00578. The Kier molecular flexibility index (Phi) is 4.78. The quantitative estimate of drug-likeness (QED) is 0.493. The van der Waals surface area contributed by atoms with Gasteiger partial charge in [0.25, 0.3) is 0 Å². The van der Waals surface area contributed by atoms with Crippen LogP contribution in [0.5, 0.6) is 0 Å². The number of hydrogen-bond acceptors (Lipinski definition) is 3. The molecule has 2 unspecified atom stereocenters. The van der Waals surface area contributed by atoms with E-state index in [2.05, 4.69) is 113 Å². The summed E-state index contributed by atoms with van der Waals surface area (Å²) in [6.45, 7) is 9.21. The van der Waals surface area contributed by atoms with Crippen LogP contribution in [0.25, 0.3) is 11.1 Å². The van der Waals surface area contributed by atoms with E-state index in [1.54, 1.807) is 0 Å². The Labute approximate surface area is 202 Å². The molecule has 6 rings (SSSR count). The van der Waals surface area contributed by atoms with Gasteiger partial charge in [-0.2, -0.15) is 0 Å². The molecule has 0 radical (unpaired) electrons. The van der Waals surface area contributed by atoms with Crippen molar-refractivity contribution < 1.29 is 9.31 Å². The van der Waals surface area contributed by atoms with Crippen molar-refractivity contribution in [2.24, 2.45) is 10.9 Å². The first-order valence-corrected chi connectivity index (χ1v) is 12.2. The molecular weight excluding hydrogens is 417 g/mol. The average molecular weight is 447 g/mol. The Bertz CT molecular complexity index is 1290. The van der Waals surface area contributed by atoms with E-state index in [1.807, 2.05) is 6.21 Å². The Morgan fingerprint density at radius 1 is 0.794 bits per heavy atom. The van der Waals surface area contributed by atoms with Crippen LogP contribution >= 0.6 is 0 Å². The molecule has 0 saturated carbocycles. The monoisotopic (exact) mass is 447 g/mol. The topological polar surface area (TPSA) is 30.8 Å². The van der Waals surface area contributed by atoms with Crippen molar-refractivity contribution in [3.8, 4) is 11.1 Å². The fraction of sp³-hybridized carbons (Fsp3) is 0.300. The van der Waals surface area contributed by atoms with E-state index in [0.29, 0.717) is 0 Å². The van der Waals surface area contributed by atoms with Gasteiger partial charge >= 0.3 is 7.12 Å². The van der Waals surface area contributed by atoms with Crippen LogP contribution < -0.4 is 5.46 Å². The van der Waals surface area contributed by atoms with Crippen molar-refractivity contribution in [1.82, 2.24) is 0 Å². The Hall–Kier alpha value is -2.95. The number of rotatable bonds is 3. The number of nitrogens with zero attached hydrogens (tertiary/aromatic N) is 1. The van der Waals surface area contributed by atoms with Gasteiger partial charge in [0.1, 0.15) is 0 Å². The molecule has 34 heavy (non-hydrogen) atoms. The molecule has 3 aromatic rings. The fourth-order valence-electron chi connectivity index (χ4n) is 5.94. The third-order valence-electron chi connectivity index (χ3n) is 8.27. The van der Waals surface area contributed by atoms with Crippen molar-refractivity contribution >= 4 is 18.8 Å². The summed E-state index contributed by atoms with van der Waals surface area (Å²) in [5, 5.41) is 0. The van der Waals surface area contributed by atoms with Crippen LogP contribution in [0, 0.1) is 5.92 Å². The molecule has 170 valence electrons. The third-order valence-corrected chi connectivity index (χ3v) is 8.27. The lowest BCUT2D eigenvalue weighted by Gasteiger charge is -2.39. The van der Waals surface area contributed by atoms with Gasteiger partial charge in [0.05, 0.1) is 16.6 Å². The maximum atomic E-state index is 6.55. The van der Waals surface area contributed by atoms with Gasteiger partial charge in [0.2, 0.25) is 0 Å². The summed E-state index contributed by atoms with van der Waals surface area (Å²) in [6, 6.07) is 26.4. The second-order valence-electron chi connectivity index (χ2n) is 10.6. The van der Waals surface area contributed by atoms with Crippen molar-refractivity contribution in [3.05, 3.63) is 102 Å². The highest BCUT2D eigenvalue weighted by Gasteiger charge is 2.55. The van der Waals surface area contributed by atoms with Gasteiger partial charge in [-0.3, -0.25) is 4.99 Å². The van der Waals surface area contributed by atoms with E-state index in [1.165, 1.54) is 27.8 Å². The molecular formula is C30H30BNO2. The minimum atomic E-state index is -0.417. The van der Waals surface area contributed by atoms with E-state index in [0.717, 1.165) is 12.0 Å². The van der Waals surface area contributed by atoms with Crippen LogP contribution in [0.1, 0.15) is 44.4 Å². The Balaban J connectivity index is 1.65. The molecule has 1 aliphatic carbocycles. The number of fused-ring (bicyclic) bond motifs is 3. The van der Waals surface area contributed by atoms with E-state index in [9.17, 15) is 0 Å². The van der Waals surface area contributed by atoms with Gasteiger partial charge < -0.3 is 9.31 Å². The molecule has 0 amide bonds. The van der Waals surface area contributed by atoms with Crippen LogP contribution in [0.15, 0.2) is 89.9 Å². The molecule has 2 aliphatic heterocycles. The van der Waals surface area contributed by atoms with Crippen LogP contribution in [-0.2, 0) is 14.7 Å². The molecule has 1 saturated heterocycles. The number of benzene rings is 3. The SMILES string of the molecule is CC1(C)OB(c2cccc3c2-c2ccccc2C3(c2ccccc2)C2C=CC=NC2)OC1(C)C. The van der Waals surface area contributed by atoms with Gasteiger partial charge in [-0.05, 0) is 67.1 Å². The molecule has 3 aromatic carbocycles. The van der Waals surface area contributed by atoms with Gasteiger partial charge in [-0.1, -0.05) is 78.9 Å². The molecule has 0 spiro atoms. The molecule has 1 fully saturated rings.